The number of ether oxygens (including phenoxy) is 1. The summed E-state index contributed by atoms with van der Waals surface area (Å²) in [5.74, 6) is -0.647. The van der Waals surface area contributed by atoms with E-state index in [4.69, 9.17) is 10.5 Å². The Morgan fingerprint density at radius 2 is 2.19 bits per heavy atom. The van der Waals surface area contributed by atoms with Gasteiger partial charge in [-0.05, 0) is 19.3 Å². The minimum absolute atomic E-state index is 0.299. The molecule has 1 saturated carbocycles. The zero-order chi connectivity index (χ0) is 12.0. The van der Waals surface area contributed by atoms with Gasteiger partial charge in [-0.3, -0.25) is 4.79 Å². The van der Waals surface area contributed by atoms with Crippen LogP contribution >= 0.6 is 0 Å². The van der Waals surface area contributed by atoms with Crippen LogP contribution in [0.25, 0.3) is 0 Å². The van der Waals surface area contributed by atoms with Gasteiger partial charge in [0.05, 0.1) is 18.7 Å². The van der Waals surface area contributed by atoms with Crippen LogP contribution in [0.3, 0.4) is 0 Å². The van der Waals surface area contributed by atoms with Gasteiger partial charge in [-0.2, -0.15) is 5.10 Å². The molecule has 0 aromatic carbocycles. The maximum absolute atomic E-state index is 11.5. The Bertz CT molecular complexity index is 302. The summed E-state index contributed by atoms with van der Waals surface area (Å²) in [4.78, 5) is 22.1. The first-order chi connectivity index (χ1) is 7.65. The number of amides is 2. The van der Waals surface area contributed by atoms with Crippen LogP contribution in [0.15, 0.2) is 5.10 Å². The number of nitrogens with one attached hydrogen (secondary N) is 1. The molecule has 3 N–H and O–H groups in total. The van der Waals surface area contributed by atoms with Gasteiger partial charge in [0.25, 0.3) is 0 Å². The highest BCUT2D eigenvalue weighted by atomic mass is 16.5. The summed E-state index contributed by atoms with van der Waals surface area (Å²) >= 11 is 0. The third-order valence-corrected chi connectivity index (χ3v) is 2.62. The van der Waals surface area contributed by atoms with E-state index in [0.29, 0.717) is 18.6 Å². The molecule has 6 nitrogen and oxygen atoms in total. The Kier molecular flexibility index (Phi) is 4.75. The number of hydrazone groups is 1. The minimum atomic E-state index is -0.722. The second kappa shape index (κ2) is 6.09. The highest BCUT2D eigenvalue weighted by Crippen LogP contribution is 2.21. The molecule has 0 heterocycles. The normalized spacial score (nSPS) is 23.6. The fourth-order valence-electron chi connectivity index (χ4n) is 1.83. The van der Waals surface area contributed by atoms with Crippen LogP contribution in [0.4, 0.5) is 4.79 Å². The maximum atomic E-state index is 11.5. The van der Waals surface area contributed by atoms with Crippen LogP contribution in [-0.2, 0) is 9.53 Å². The highest BCUT2D eigenvalue weighted by molar-refractivity contribution is 6.02. The molecule has 1 unspecified atom stereocenters. The van der Waals surface area contributed by atoms with Gasteiger partial charge in [0.2, 0.25) is 0 Å². The van der Waals surface area contributed by atoms with Crippen LogP contribution in [0.2, 0.25) is 0 Å². The summed E-state index contributed by atoms with van der Waals surface area (Å²) in [5, 5.41) is 3.88. The number of methoxy groups -OCH3 is 1. The third-order valence-electron chi connectivity index (χ3n) is 2.62. The number of nitrogens with two attached hydrogens (primary N) is 1. The Labute approximate surface area is 94.2 Å². The van der Waals surface area contributed by atoms with Gasteiger partial charge in [0.15, 0.2) is 0 Å². The lowest BCUT2D eigenvalue weighted by Gasteiger charge is -2.13. The molecule has 1 aliphatic rings. The Balaban J connectivity index is 2.76. The predicted molar refractivity (Wildman–Crippen MR) is 58.7 cm³/mol. The zero-order valence-corrected chi connectivity index (χ0v) is 9.36. The van der Waals surface area contributed by atoms with Gasteiger partial charge < -0.3 is 10.5 Å². The molecule has 90 valence electrons. The summed E-state index contributed by atoms with van der Waals surface area (Å²) in [6.45, 7) is 0. The van der Waals surface area contributed by atoms with Crippen molar-refractivity contribution < 1.29 is 14.3 Å². The van der Waals surface area contributed by atoms with Gasteiger partial charge in [0.1, 0.15) is 0 Å². The van der Waals surface area contributed by atoms with E-state index in [-0.39, 0.29) is 11.9 Å². The topological polar surface area (TPSA) is 93.8 Å². The van der Waals surface area contributed by atoms with Crippen molar-refractivity contribution in [2.45, 2.75) is 32.1 Å². The summed E-state index contributed by atoms with van der Waals surface area (Å²) in [7, 11) is 1.35. The lowest BCUT2D eigenvalue weighted by atomic mass is 9.98. The van der Waals surface area contributed by atoms with Crippen molar-refractivity contribution in [3.8, 4) is 0 Å². The van der Waals surface area contributed by atoms with Gasteiger partial charge >= 0.3 is 12.0 Å². The molecular weight excluding hydrogens is 210 g/mol. The lowest BCUT2D eigenvalue weighted by molar-refractivity contribution is -0.143. The monoisotopic (exact) mass is 227 g/mol. The van der Waals surface area contributed by atoms with Crippen molar-refractivity contribution in [2.24, 2.45) is 16.8 Å². The van der Waals surface area contributed by atoms with Crippen molar-refractivity contribution in [1.29, 1.82) is 0 Å². The van der Waals surface area contributed by atoms with Crippen LogP contribution in [0.1, 0.15) is 32.1 Å². The van der Waals surface area contributed by atoms with Crippen molar-refractivity contribution in [1.82, 2.24) is 5.43 Å². The smallest absolute Gasteiger partial charge is 0.332 e. The van der Waals surface area contributed by atoms with Crippen LogP contribution in [0, 0.1) is 5.92 Å². The number of esters is 1. The van der Waals surface area contributed by atoms with Crippen molar-refractivity contribution in [3.05, 3.63) is 0 Å². The lowest BCUT2D eigenvalue weighted by Crippen LogP contribution is -2.30. The van der Waals surface area contributed by atoms with Gasteiger partial charge in [-0.1, -0.05) is 12.8 Å². The van der Waals surface area contributed by atoms with E-state index >= 15 is 0 Å². The van der Waals surface area contributed by atoms with Gasteiger partial charge in [0, 0.05) is 0 Å². The summed E-state index contributed by atoms with van der Waals surface area (Å²) < 4.78 is 4.72. The second-order valence-corrected chi connectivity index (χ2v) is 3.75. The van der Waals surface area contributed by atoms with E-state index < -0.39 is 6.03 Å². The molecule has 0 radical (unpaired) electrons. The zero-order valence-electron chi connectivity index (χ0n) is 9.36. The van der Waals surface area contributed by atoms with E-state index in [0.717, 1.165) is 19.3 Å². The standard InChI is InChI=1S/C10H17N3O3/c1-16-9(14)7-5-3-2-4-6-8(7)12-13-10(11)15/h7H,2-6H2,1H3,(H3,11,13,15)/b12-8+. The molecule has 1 atom stereocenters. The summed E-state index contributed by atoms with van der Waals surface area (Å²) in [6, 6.07) is -0.722. The molecule has 0 aromatic heterocycles. The second-order valence-electron chi connectivity index (χ2n) is 3.75. The molecule has 0 aliphatic heterocycles. The van der Waals surface area contributed by atoms with E-state index in [1.807, 2.05) is 0 Å². The van der Waals surface area contributed by atoms with E-state index in [1.54, 1.807) is 0 Å². The van der Waals surface area contributed by atoms with Crippen LogP contribution < -0.4 is 11.2 Å². The molecule has 0 spiro atoms. The Morgan fingerprint density at radius 3 is 2.81 bits per heavy atom. The molecule has 2 amide bonds. The summed E-state index contributed by atoms with van der Waals surface area (Å²) in [5.41, 5.74) is 7.76. The van der Waals surface area contributed by atoms with Gasteiger partial charge in [-0.15, -0.1) is 0 Å². The maximum Gasteiger partial charge on any atom is 0.332 e. The molecule has 1 aliphatic carbocycles. The highest BCUT2D eigenvalue weighted by Gasteiger charge is 2.26. The Morgan fingerprint density at radius 1 is 1.44 bits per heavy atom. The number of hydrogen-bond acceptors (Lipinski definition) is 4. The third kappa shape index (κ3) is 3.52. The molecule has 1 rings (SSSR count). The van der Waals surface area contributed by atoms with Crippen LogP contribution in [0.5, 0.6) is 0 Å². The van der Waals surface area contributed by atoms with E-state index in [1.165, 1.54) is 7.11 Å². The Hall–Kier alpha value is -1.59. The van der Waals surface area contributed by atoms with Gasteiger partial charge in [-0.25, -0.2) is 10.2 Å². The van der Waals surface area contributed by atoms with E-state index in [2.05, 4.69) is 10.5 Å². The number of hydrogen-bond donors (Lipinski definition) is 2. The van der Waals surface area contributed by atoms with Crippen molar-refractivity contribution in [2.75, 3.05) is 7.11 Å². The molecule has 0 bridgehead atoms. The van der Waals surface area contributed by atoms with Crippen molar-refractivity contribution >= 4 is 17.7 Å². The number of rotatable bonds is 2. The predicted octanol–water partition coefficient (Wildman–Crippen LogP) is 0.764. The number of carbonyl (C=O) groups is 2. The van der Waals surface area contributed by atoms with E-state index in [9.17, 15) is 9.59 Å². The minimum Gasteiger partial charge on any atom is -0.469 e. The quantitative estimate of drug-likeness (QED) is 0.414. The number of urea groups is 1. The average molecular weight is 227 g/mol. The van der Waals surface area contributed by atoms with Crippen molar-refractivity contribution in [3.63, 3.8) is 0 Å². The molecule has 1 fully saturated rings. The SMILES string of the molecule is COC(=O)C1CCCCC/C1=N\NC(N)=O. The fourth-order valence-corrected chi connectivity index (χ4v) is 1.83. The first-order valence-corrected chi connectivity index (χ1v) is 5.35. The molecular formula is C10H17N3O3. The fraction of sp³-hybridized carbons (Fsp3) is 0.700. The number of nitrogens with zero attached hydrogens (tertiary/aromatic N) is 1. The molecule has 0 aromatic rings. The average Bonchev–Trinajstić information content (AvgIpc) is 2.50. The number of carbonyl (C=O) groups excluding carboxylic acids is 2. The number of primary amides is 1. The molecule has 0 saturated heterocycles. The first-order valence-electron chi connectivity index (χ1n) is 5.35. The van der Waals surface area contributed by atoms with Crippen LogP contribution in [-0.4, -0.2) is 24.8 Å². The molecule has 6 heteroatoms. The summed E-state index contributed by atoms with van der Waals surface area (Å²) in [6.07, 6.45) is 4.40. The largest absolute Gasteiger partial charge is 0.469 e. The first kappa shape index (κ1) is 12.5. The molecule has 16 heavy (non-hydrogen) atoms.